The van der Waals surface area contributed by atoms with Crippen molar-refractivity contribution < 1.29 is 17.3 Å². The Bertz CT molecular complexity index is 401. The molecule has 0 aromatic carbocycles. The predicted octanol–water partition coefficient (Wildman–Crippen LogP) is 4.65. The fourth-order valence-corrected chi connectivity index (χ4v) is 1.48. The van der Waals surface area contributed by atoms with Crippen LogP contribution < -0.4 is 0 Å². The minimum atomic E-state index is -6.00. The van der Waals surface area contributed by atoms with Crippen LogP contribution in [0.15, 0.2) is 53.5 Å². The lowest BCUT2D eigenvalue weighted by atomic mass is 10.3. The molecule has 2 heterocycles. The van der Waals surface area contributed by atoms with Crippen molar-refractivity contribution in [3.63, 3.8) is 0 Å². The van der Waals surface area contributed by atoms with E-state index in [1.54, 1.807) is 12.4 Å². The van der Waals surface area contributed by atoms with E-state index in [0.29, 0.717) is 0 Å². The molecule has 0 amide bonds. The molecule has 2 nitrogen and oxygen atoms in total. The molecule has 0 radical (unpaired) electrons. The molecule has 106 valence electrons. The molecule has 2 aromatic heterocycles. The van der Waals surface area contributed by atoms with Crippen molar-refractivity contribution in [1.29, 1.82) is 0 Å². The molecule has 0 bridgehead atoms. The van der Waals surface area contributed by atoms with Crippen LogP contribution in [0.2, 0.25) is 0 Å². The highest BCUT2D eigenvalue weighted by Gasteiger charge is 2.20. The maximum atomic E-state index is 9.75. The number of hydrogen-bond acceptors (Lipinski definition) is 1. The molecular formula is C11H13BBrF4N2-. The lowest BCUT2D eigenvalue weighted by Crippen LogP contribution is -2.02. The zero-order valence-corrected chi connectivity index (χ0v) is 11.8. The van der Waals surface area contributed by atoms with Crippen LogP contribution in [-0.2, 0) is 6.54 Å². The van der Waals surface area contributed by atoms with Crippen molar-refractivity contribution in [1.82, 2.24) is 9.55 Å². The summed E-state index contributed by atoms with van der Waals surface area (Å²) in [4.78, 5) is 3.78. The summed E-state index contributed by atoms with van der Waals surface area (Å²) >= 11 is 3.39. The van der Waals surface area contributed by atoms with E-state index in [4.69, 9.17) is 0 Å². The molecule has 0 fully saturated rings. The van der Waals surface area contributed by atoms with Gasteiger partial charge in [0.15, 0.2) is 0 Å². The first-order chi connectivity index (χ1) is 8.84. The molecule has 0 unspecified atom stereocenters. The van der Waals surface area contributed by atoms with Crippen molar-refractivity contribution >= 4 is 23.2 Å². The van der Waals surface area contributed by atoms with E-state index in [9.17, 15) is 17.3 Å². The molecule has 2 rings (SSSR count). The van der Waals surface area contributed by atoms with Gasteiger partial charge in [-0.15, -0.1) is 0 Å². The third-order valence-corrected chi connectivity index (χ3v) is 2.40. The summed E-state index contributed by atoms with van der Waals surface area (Å²) in [5, 5.41) is 0. The van der Waals surface area contributed by atoms with Crippen LogP contribution in [0.1, 0.15) is 6.92 Å². The van der Waals surface area contributed by atoms with Gasteiger partial charge in [-0.2, -0.15) is 0 Å². The molecule has 0 spiro atoms. The topological polar surface area (TPSA) is 17.8 Å². The zero-order chi connectivity index (χ0) is 14.7. The van der Waals surface area contributed by atoms with Gasteiger partial charge in [-0.25, -0.2) is 0 Å². The van der Waals surface area contributed by atoms with E-state index in [2.05, 4.69) is 32.4 Å². The maximum absolute atomic E-state index is 9.75. The Morgan fingerprint density at radius 2 is 1.63 bits per heavy atom. The first-order valence-electron chi connectivity index (χ1n) is 5.37. The first kappa shape index (κ1) is 17.7. The number of aromatic nitrogens is 2. The highest BCUT2D eigenvalue weighted by molar-refractivity contribution is 9.10. The molecule has 0 aliphatic carbocycles. The van der Waals surface area contributed by atoms with Gasteiger partial charge in [-0.1, -0.05) is 6.07 Å². The maximum Gasteiger partial charge on any atom is 0.673 e. The lowest BCUT2D eigenvalue weighted by molar-refractivity contribution is 0.368. The molecule has 0 saturated heterocycles. The summed E-state index contributed by atoms with van der Waals surface area (Å²) in [6, 6.07) is 9.77. The Hall–Kier alpha value is -1.31. The van der Waals surface area contributed by atoms with Crippen LogP contribution in [0.5, 0.6) is 0 Å². The fraction of sp³-hybridized carbons (Fsp3) is 0.182. The largest absolute Gasteiger partial charge is 0.673 e. The van der Waals surface area contributed by atoms with Gasteiger partial charge >= 0.3 is 7.25 Å². The van der Waals surface area contributed by atoms with Gasteiger partial charge in [-0.3, -0.25) is 4.98 Å². The monoisotopic (exact) mass is 339 g/mol. The van der Waals surface area contributed by atoms with Crippen LogP contribution >= 0.6 is 15.9 Å². The highest BCUT2D eigenvalue weighted by atomic mass is 79.9. The van der Waals surface area contributed by atoms with Gasteiger partial charge in [0.05, 0.1) is 4.60 Å². The van der Waals surface area contributed by atoms with E-state index in [1.165, 1.54) is 0 Å². The Labute approximate surface area is 117 Å². The van der Waals surface area contributed by atoms with E-state index in [0.717, 1.165) is 11.1 Å². The molecular weight excluding hydrogens is 327 g/mol. The molecule has 2 aromatic rings. The van der Waals surface area contributed by atoms with Gasteiger partial charge in [-0.05, 0) is 47.1 Å². The molecule has 8 heteroatoms. The fourth-order valence-electron chi connectivity index (χ4n) is 0.962. The van der Waals surface area contributed by atoms with E-state index >= 15 is 0 Å². The molecule has 0 aliphatic rings. The SMILES string of the molecule is CCn1cccc1Br.F[B-](F)(F)F.c1ccncc1. The molecule has 0 saturated carbocycles. The van der Waals surface area contributed by atoms with E-state index in [1.807, 2.05) is 36.5 Å². The third kappa shape index (κ3) is 12.9. The van der Waals surface area contributed by atoms with Crippen LogP contribution in [-0.4, -0.2) is 16.8 Å². The summed E-state index contributed by atoms with van der Waals surface area (Å²) in [6.45, 7) is 3.15. The quantitative estimate of drug-likeness (QED) is 0.546. The second kappa shape index (κ2) is 9.60. The number of hydrogen-bond donors (Lipinski definition) is 0. The highest BCUT2D eigenvalue weighted by Crippen LogP contribution is 2.08. The van der Waals surface area contributed by atoms with Crippen molar-refractivity contribution in [3.8, 4) is 0 Å². The average Bonchev–Trinajstić information content (AvgIpc) is 2.76. The Balaban J connectivity index is 0.000000265. The van der Waals surface area contributed by atoms with Crippen molar-refractivity contribution in [2.45, 2.75) is 13.5 Å². The minimum Gasteiger partial charge on any atom is -0.418 e. The summed E-state index contributed by atoms with van der Waals surface area (Å²) in [6.07, 6.45) is 5.55. The van der Waals surface area contributed by atoms with Gasteiger partial charge in [0.2, 0.25) is 0 Å². The zero-order valence-electron chi connectivity index (χ0n) is 10.2. The van der Waals surface area contributed by atoms with Crippen LogP contribution in [0.25, 0.3) is 0 Å². The van der Waals surface area contributed by atoms with Gasteiger partial charge in [0.1, 0.15) is 0 Å². The number of halogens is 5. The molecule has 0 N–H and O–H groups in total. The minimum absolute atomic E-state index is 1.04. The third-order valence-electron chi connectivity index (χ3n) is 1.68. The van der Waals surface area contributed by atoms with Crippen LogP contribution in [0.3, 0.4) is 0 Å². The van der Waals surface area contributed by atoms with Crippen molar-refractivity contribution in [2.24, 2.45) is 0 Å². The Kier molecular flexibility index (Phi) is 8.94. The van der Waals surface area contributed by atoms with Gasteiger partial charge in [0, 0.05) is 25.1 Å². The molecule has 0 aliphatic heterocycles. The molecule has 19 heavy (non-hydrogen) atoms. The van der Waals surface area contributed by atoms with E-state index in [-0.39, 0.29) is 0 Å². The summed E-state index contributed by atoms with van der Waals surface area (Å²) in [5.74, 6) is 0. The lowest BCUT2D eigenvalue weighted by Gasteiger charge is -1.95. The Morgan fingerprint density at radius 3 is 1.79 bits per heavy atom. The van der Waals surface area contributed by atoms with Gasteiger partial charge in [0.25, 0.3) is 0 Å². The smallest absolute Gasteiger partial charge is 0.418 e. The second-order valence-corrected chi connectivity index (χ2v) is 3.95. The summed E-state index contributed by atoms with van der Waals surface area (Å²) in [7, 11) is -6.00. The van der Waals surface area contributed by atoms with Crippen molar-refractivity contribution in [3.05, 3.63) is 53.5 Å². The standard InChI is InChI=1S/C6H8BrN.C5H5N.BF4/c1-2-8-5-3-4-6(8)7;1-2-4-6-5-3-1;2-1(3,4)5/h3-5H,2H2,1H3;1-5H;/q;;-1. The number of aryl methyl sites for hydroxylation is 1. The van der Waals surface area contributed by atoms with Crippen molar-refractivity contribution in [2.75, 3.05) is 0 Å². The normalized spacial score (nSPS) is 9.79. The van der Waals surface area contributed by atoms with Crippen LogP contribution in [0, 0.1) is 0 Å². The number of nitrogens with zero attached hydrogens (tertiary/aromatic N) is 2. The number of pyridine rings is 1. The molecule has 0 atom stereocenters. The first-order valence-corrected chi connectivity index (χ1v) is 6.17. The average molecular weight is 340 g/mol. The predicted molar refractivity (Wildman–Crippen MR) is 72.2 cm³/mol. The summed E-state index contributed by atoms with van der Waals surface area (Å²) in [5.41, 5.74) is 0. The van der Waals surface area contributed by atoms with Crippen LogP contribution in [0.4, 0.5) is 17.3 Å². The Morgan fingerprint density at radius 1 is 1.11 bits per heavy atom. The van der Waals surface area contributed by atoms with E-state index < -0.39 is 7.25 Å². The van der Waals surface area contributed by atoms with Gasteiger partial charge < -0.3 is 21.8 Å². The number of rotatable bonds is 1. The second-order valence-electron chi connectivity index (χ2n) is 3.14. The summed E-state index contributed by atoms with van der Waals surface area (Å²) < 4.78 is 42.3.